The molecule has 0 N–H and O–H groups in total. The monoisotopic (exact) mass is 209 g/mol. The molecule has 0 aliphatic heterocycles. The van der Waals surface area contributed by atoms with Crippen molar-refractivity contribution in [1.82, 2.24) is 5.01 Å². The molecule has 0 atom stereocenters. The summed E-state index contributed by atoms with van der Waals surface area (Å²) in [4.78, 5) is 0. The first-order valence-electron chi connectivity index (χ1n) is 6.00. The molecule has 86 valence electrons. The summed E-state index contributed by atoms with van der Waals surface area (Å²) in [7, 11) is 0. The average molecular weight is 209 g/mol. The van der Waals surface area contributed by atoms with Gasteiger partial charge in [0.25, 0.3) is 0 Å². The predicted molar refractivity (Wildman–Crippen MR) is 63.5 cm³/mol. The Hall–Kier alpha value is -0.860. The largest absolute Gasteiger partial charge is 0.274 e. The minimum absolute atomic E-state index is 0.415. The van der Waals surface area contributed by atoms with Crippen LogP contribution in [-0.4, -0.2) is 17.1 Å². The van der Waals surface area contributed by atoms with E-state index in [9.17, 15) is 0 Å². The summed E-state index contributed by atoms with van der Waals surface area (Å²) in [5, 5.41) is 10.7. The Bertz CT molecular complexity index is 233. The standard InChI is InChI=1S/C12H23N3/c1-10(2)15(11(3)4)14-13-12-8-6-5-7-9-12/h8,10-11H,5-7,9H2,1-4H3/b14-13-. The topological polar surface area (TPSA) is 28.0 Å². The molecule has 0 bridgehead atoms. The summed E-state index contributed by atoms with van der Waals surface area (Å²) in [6.07, 6.45) is 7.03. The first kappa shape index (κ1) is 12.2. The maximum absolute atomic E-state index is 4.34. The lowest BCUT2D eigenvalue weighted by atomic mass is 10.1. The van der Waals surface area contributed by atoms with Gasteiger partial charge in [-0.25, -0.2) is 0 Å². The molecule has 0 saturated carbocycles. The van der Waals surface area contributed by atoms with Crippen LogP contribution in [0.1, 0.15) is 53.4 Å². The highest BCUT2D eigenvalue weighted by molar-refractivity contribution is 5.01. The summed E-state index contributed by atoms with van der Waals surface area (Å²) < 4.78 is 0. The molecule has 0 heterocycles. The van der Waals surface area contributed by atoms with Crippen LogP contribution in [0, 0.1) is 0 Å². The van der Waals surface area contributed by atoms with Gasteiger partial charge in [-0.15, -0.1) is 5.11 Å². The van der Waals surface area contributed by atoms with E-state index in [4.69, 9.17) is 0 Å². The van der Waals surface area contributed by atoms with Crippen molar-refractivity contribution in [3.8, 4) is 0 Å². The summed E-state index contributed by atoms with van der Waals surface area (Å²) in [5.41, 5.74) is 1.16. The minimum atomic E-state index is 0.415. The second kappa shape index (κ2) is 5.89. The number of hydrogen-bond donors (Lipinski definition) is 0. The summed E-state index contributed by atoms with van der Waals surface area (Å²) in [5.74, 6) is 0. The van der Waals surface area contributed by atoms with Gasteiger partial charge < -0.3 is 0 Å². The van der Waals surface area contributed by atoms with Gasteiger partial charge in [-0.2, -0.15) is 0 Å². The number of hydrogen-bond acceptors (Lipinski definition) is 2. The van der Waals surface area contributed by atoms with E-state index in [0.717, 1.165) is 18.5 Å². The number of nitrogens with zero attached hydrogens (tertiary/aromatic N) is 3. The number of allylic oxidation sites excluding steroid dienone is 2. The van der Waals surface area contributed by atoms with Crippen LogP contribution in [0.4, 0.5) is 0 Å². The van der Waals surface area contributed by atoms with Crippen molar-refractivity contribution in [1.29, 1.82) is 0 Å². The molecule has 1 aliphatic carbocycles. The van der Waals surface area contributed by atoms with Crippen LogP contribution in [-0.2, 0) is 0 Å². The summed E-state index contributed by atoms with van der Waals surface area (Å²) in [6, 6.07) is 0.830. The van der Waals surface area contributed by atoms with Crippen molar-refractivity contribution in [3.63, 3.8) is 0 Å². The highest BCUT2D eigenvalue weighted by atomic mass is 15.6. The second-order valence-electron chi connectivity index (χ2n) is 4.70. The van der Waals surface area contributed by atoms with Crippen LogP contribution in [0.3, 0.4) is 0 Å². The quantitative estimate of drug-likeness (QED) is 0.509. The first-order chi connectivity index (χ1) is 7.11. The predicted octanol–water partition coefficient (Wildman–Crippen LogP) is 3.93. The van der Waals surface area contributed by atoms with Gasteiger partial charge in [0, 0.05) is 12.1 Å². The Kier molecular flexibility index (Phi) is 4.79. The molecule has 15 heavy (non-hydrogen) atoms. The zero-order valence-electron chi connectivity index (χ0n) is 10.4. The Morgan fingerprint density at radius 3 is 2.27 bits per heavy atom. The van der Waals surface area contributed by atoms with E-state index < -0.39 is 0 Å². The Morgan fingerprint density at radius 2 is 1.80 bits per heavy atom. The summed E-state index contributed by atoms with van der Waals surface area (Å²) >= 11 is 0. The van der Waals surface area contributed by atoms with Gasteiger partial charge in [0.2, 0.25) is 0 Å². The molecule has 0 fully saturated rings. The molecule has 1 aliphatic rings. The fourth-order valence-corrected chi connectivity index (χ4v) is 1.82. The maximum atomic E-state index is 4.34. The molecule has 0 unspecified atom stereocenters. The third-order valence-electron chi connectivity index (χ3n) is 2.60. The van der Waals surface area contributed by atoms with Gasteiger partial charge in [0.1, 0.15) is 0 Å². The normalized spacial score (nSPS) is 17.6. The van der Waals surface area contributed by atoms with Crippen molar-refractivity contribution in [2.75, 3.05) is 0 Å². The fraction of sp³-hybridized carbons (Fsp3) is 0.833. The van der Waals surface area contributed by atoms with E-state index in [1.54, 1.807) is 0 Å². The zero-order valence-corrected chi connectivity index (χ0v) is 10.4. The first-order valence-corrected chi connectivity index (χ1v) is 6.00. The van der Waals surface area contributed by atoms with Gasteiger partial charge in [-0.3, -0.25) is 5.01 Å². The molecule has 1 rings (SSSR count). The molecule has 0 amide bonds. The van der Waals surface area contributed by atoms with E-state index in [1.165, 1.54) is 12.8 Å². The Balaban J connectivity index is 2.56. The maximum Gasteiger partial charge on any atom is 0.0608 e. The van der Waals surface area contributed by atoms with Crippen LogP contribution in [0.25, 0.3) is 0 Å². The molecule has 0 aromatic rings. The highest BCUT2D eigenvalue weighted by Gasteiger charge is 2.11. The van der Waals surface area contributed by atoms with E-state index in [2.05, 4.69) is 49.1 Å². The molecule has 0 aromatic heterocycles. The van der Waals surface area contributed by atoms with Crippen LogP contribution < -0.4 is 0 Å². The second-order valence-corrected chi connectivity index (χ2v) is 4.70. The lowest BCUT2D eigenvalue weighted by Gasteiger charge is -2.26. The van der Waals surface area contributed by atoms with E-state index in [-0.39, 0.29) is 0 Å². The van der Waals surface area contributed by atoms with Crippen molar-refractivity contribution >= 4 is 0 Å². The average Bonchev–Trinajstić information content (AvgIpc) is 2.18. The van der Waals surface area contributed by atoms with E-state index in [1.807, 2.05) is 0 Å². The fourth-order valence-electron chi connectivity index (χ4n) is 1.82. The molecule has 0 aromatic carbocycles. The minimum Gasteiger partial charge on any atom is -0.274 e. The van der Waals surface area contributed by atoms with Gasteiger partial charge in [-0.1, -0.05) is 11.3 Å². The van der Waals surface area contributed by atoms with Gasteiger partial charge in [0.05, 0.1) is 5.70 Å². The highest BCUT2D eigenvalue weighted by Crippen LogP contribution is 2.19. The molecular weight excluding hydrogens is 186 g/mol. The van der Waals surface area contributed by atoms with Gasteiger partial charge >= 0.3 is 0 Å². The van der Waals surface area contributed by atoms with Crippen LogP contribution in [0.15, 0.2) is 22.1 Å². The van der Waals surface area contributed by atoms with Crippen LogP contribution >= 0.6 is 0 Å². The van der Waals surface area contributed by atoms with Crippen LogP contribution in [0.2, 0.25) is 0 Å². The SMILES string of the molecule is CC(C)N(/N=N\C1=CCCCC1)C(C)C. The number of rotatable bonds is 4. The van der Waals surface area contributed by atoms with Crippen molar-refractivity contribution in [2.45, 2.75) is 65.5 Å². The Labute approximate surface area is 93.2 Å². The van der Waals surface area contributed by atoms with E-state index in [0.29, 0.717) is 12.1 Å². The molecule has 0 saturated heterocycles. The molecule has 0 spiro atoms. The third kappa shape index (κ3) is 4.02. The molecule has 0 radical (unpaired) electrons. The van der Waals surface area contributed by atoms with Gasteiger partial charge in [-0.05, 0) is 53.4 Å². The molecular formula is C12H23N3. The van der Waals surface area contributed by atoms with E-state index >= 15 is 0 Å². The van der Waals surface area contributed by atoms with Crippen molar-refractivity contribution in [3.05, 3.63) is 11.8 Å². The van der Waals surface area contributed by atoms with Crippen molar-refractivity contribution in [2.24, 2.45) is 10.3 Å². The lowest BCUT2D eigenvalue weighted by Crippen LogP contribution is -2.31. The smallest absolute Gasteiger partial charge is 0.0608 e. The lowest BCUT2D eigenvalue weighted by molar-refractivity contribution is 0.168. The zero-order chi connectivity index (χ0) is 11.3. The molecule has 3 heteroatoms. The Morgan fingerprint density at radius 1 is 1.13 bits per heavy atom. The molecule has 3 nitrogen and oxygen atoms in total. The van der Waals surface area contributed by atoms with Gasteiger partial charge in [0.15, 0.2) is 0 Å². The van der Waals surface area contributed by atoms with Crippen molar-refractivity contribution < 1.29 is 0 Å². The third-order valence-corrected chi connectivity index (χ3v) is 2.60. The van der Waals surface area contributed by atoms with Crippen LogP contribution in [0.5, 0.6) is 0 Å². The summed E-state index contributed by atoms with van der Waals surface area (Å²) in [6.45, 7) is 8.59.